The molecule has 1 amide bonds. The monoisotopic (exact) mass is 254 g/mol. The highest BCUT2D eigenvalue weighted by Gasteiger charge is 2.32. The standard InChI is InChI=1S/C12H15ClN2O2/c13-11-9(2-1-6-14-11)12(17)15-10(5-7-16)8-3-4-8/h1-2,6,8,10,16H,3-5,7H2,(H,15,17). The van der Waals surface area contributed by atoms with Gasteiger partial charge in [-0.1, -0.05) is 11.6 Å². The molecule has 17 heavy (non-hydrogen) atoms. The second-order valence-electron chi connectivity index (χ2n) is 4.27. The average molecular weight is 255 g/mol. The zero-order valence-electron chi connectivity index (χ0n) is 9.40. The molecule has 0 aromatic carbocycles. The Morgan fingerprint density at radius 1 is 1.65 bits per heavy atom. The van der Waals surface area contributed by atoms with Gasteiger partial charge in [0.05, 0.1) is 5.56 Å². The average Bonchev–Trinajstić information content (AvgIpc) is 3.12. The number of hydrogen-bond acceptors (Lipinski definition) is 3. The van der Waals surface area contributed by atoms with Crippen LogP contribution < -0.4 is 5.32 Å². The quantitative estimate of drug-likeness (QED) is 0.785. The molecule has 0 saturated heterocycles. The minimum atomic E-state index is -0.214. The third kappa shape index (κ3) is 3.17. The second-order valence-corrected chi connectivity index (χ2v) is 4.63. The van der Waals surface area contributed by atoms with Crippen molar-refractivity contribution in [3.8, 4) is 0 Å². The Labute approximate surface area is 105 Å². The van der Waals surface area contributed by atoms with Crippen LogP contribution in [0, 0.1) is 5.92 Å². The molecular weight excluding hydrogens is 240 g/mol. The summed E-state index contributed by atoms with van der Waals surface area (Å²) in [6.45, 7) is 0.0855. The number of amides is 1. The second kappa shape index (κ2) is 5.47. The molecular formula is C12H15ClN2O2. The number of carbonyl (C=O) groups excluding carboxylic acids is 1. The summed E-state index contributed by atoms with van der Waals surface area (Å²) in [6.07, 6.45) is 4.37. The van der Waals surface area contributed by atoms with Gasteiger partial charge in [0.25, 0.3) is 5.91 Å². The van der Waals surface area contributed by atoms with Crippen LogP contribution in [0.5, 0.6) is 0 Å². The number of nitrogens with one attached hydrogen (secondary N) is 1. The van der Waals surface area contributed by atoms with E-state index in [-0.39, 0.29) is 23.7 Å². The van der Waals surface area contributed by atoms with Gasteiger partial charge in [-0.25, -0.2) is 4.98 Å². The Bertz CT molecular complexity index is 407. The Morgan fingerprint density at radius 2 is 2.41 bits per heavy atom. The largest absolute Gasteiger partial charge is 0.396 e. The number of aliphatic hydroxyl groups is 1. The summed E-state index contributed by atoms with van der Waals surface area (Å²) in [4.78, 5) is 15.8. The van der Waals surface area contributed by atoms with Gasteiger partial charge in [-0.2, -0.15) is 0 Å². The third-order valence-corrected chi connectivity index (χ3v) is 3.25. The van der Waals surface area contributed by atoms with Crippen molar-refractivity contribution in [2.45, 2.75) is 25.3 Å². The molecule has 0 bridgehead atoms. The number of nitrogens with zero attached hydrogens (tertiary/aromatic N) is 1. The maximum absolute atomic E-state index is 12.0. The zero-order valence-corrected chi connectivity index (χ0v) is 10.2. The van der Waals surface area contributed by atoms with Crippen molar-refractivity contribution in [2.24, 2.45) is 5.92 Å². The summed E-state index contributed by atoms with van der Waals surface area (Å²) in [6, 6.07) is 3.37. The van der Waals surface area contributed by atoms with Crippen LogP contribution >= 0.6 is 11.6 Å². The van der Waals surface area contributed by atoms with Crippen molar-refractivity contribution in [1.82, 2.24) is 10.3 Å². The minimum absolute atomic E-state index is 0.0452. The minimum Gasteiger partial charge on any atom is -0.396 e. The summed E-state index contributed by atoms with van der Waals surface area (Å²) in [5.74, 6) is 0.287. The molecule has 1 fully saturated rings. The van der Waals surface area contributed by atoms with E-state index in [0.717, 1.165) is 12.8 Å². The van der Waals surface area contributed by atoms with E-state index in [1.807, 2.05) is 0 Å². The van der Waals surface area contributed by atoms with Gasteiger partial charge >= 0.3 is 0 Å². The van der Waals surface area contributed by atoms with Crippen molar-refractivity contribution >= 4 is 17.5 Å². The van der Waals surface area contributed by atoms with Crippen molar-refractivity contribution in [3.05, 3.63) is 29.0 Å². The number of aromatic nitrogens is 1. The lowest BCUT2D eigenvalue weighted by atomic mass is 10.1. The molecule has 2 rings (SSSR count). The fraction of sp³-hybridized carbons (Fsp3) is 0.500. The predicted molar refractivity (Wildman–Crippen MR) is 64.9 cm³/mol. The van der Waals surface area contributed by atoms with E-state index in [9.17, 15) is 4.79 Å². The number of halogens is 1. The first-order valence-electron chi connectivity index (χ1n) is 5.74. The van der Waals surface area contributed by atoms with Crippen LogP contribution in [0.4, 0.5) is 0 Å². The van der Waals surface area contributed by atoms with E-state index in [2.05, 4.69) is 10.3 Å². The third-order valence-electron chi connectivity index (χ3n) is 2.95. The lowest BCUT2D eigenvalue weighted by Gasteiger charge is -2.17. The van der Waals surface area contributed by atoms with Crippen LogP contribution in [0.15, 0.2) is 18.3 Å². The van der Waals surface area contributed by atoms with Gasteiger partial charge in [0.2, 0.25) is 0 Å². The highest BCUT2D eigenvalue weighted by molar-refractivity contribution is 6.32. The fourth-order valence-electron chi connectivity index (χ4n) is 1.86. The molecule has 1 heterocycles. The van der Waals surface area contributed by atoms with Gasteiger partial charge < -0.3 is 10.4 Å². The predicted octanol–water partition coefficient (Wildman–Crippen LogP) is 1.63. The molecule has 1 aliphatic carbocycles. The van der Waals surface area contributed by atoms with Crippen LogP contribution in [0.1, 0.15) is 29.6 Å². The lowest BCUT2D eigenvalue weighted by Crippen LogP contribution is -2.37. The van der Waals surface area contributed by atoms with Gasteiger partial charge in [-0.05, 0) is 37.3 Å². The van der Waals surface area contributed by atoms with E-state index in [0.29, 0.717) is 17.9 Å². The zero-order chi connectivity index (χ0) is 12.3. The Morgan fingerprint density at radius 3 is 3.00 bits per heavy atom. The first-order valence-corrected chi connectivity index (χ1v) is 6.12. The number of rotatable bonds is 5. The van der Waals surface area contributed by atoms with Crippen molar-refractivity contribution in [1.29, 1.82) is 0 Å². The van der Waals surface area contributed by atoms with Crippen LogP contribution in [0.3, 0.4) is 0 Å². The molecule has 0 radical (unpaired) electrons. The van der Waals surface area contributed by atoms with Gasteiger partial charge in [0.1, 0.15) is 5.15 Å². The Hall–Kier alpha value is -1.13. The van der Waals surface area contributed by atoms with E-state index in [1.54, 1.807) is 18.3 Å². The summed E-state index contributed by atoms with van der Waals surface area (Å²) >= 11 is 5.85. The molecule has 5 heteroatoms. The van der Waals surface area contributed by atoms with Gasteiger partial charge in [-0.15, -0.1) is 0 Å². The van der Waals surface area contributed by atoms with Crippen LogP contribution in [0.25, 0.3) is 0 Å². The molecule has 1 atom stereocenters. The Kier molecular flexibility index (Phi) is 3.97. The first kappa shape index (κ1) is 12.3. The number of hydrogen-bond donors (Lipinski definition) is 2. The van der Waals surface area contributed by atoms with Crippen molar-refractivity contribution < 1.29 is 9.90 Å². The molecule has 1 aliphatic rings. The highest BCUT2D eigenvalue weighted by atomic mass is 35.5. The topological polar surface area (TPSA) is 62.2 Å². The number of carbonyl (C=O) groups is 1. The lowest BCUT2D eigenvalue weighted by molar-refractivity contribution is 0.0924. The summed E-state index contributed by atoms with van der Waals surface area (Å²) in [7, 11) is 0. The molecule has 4 nitrogen and oxygen atoms in total. The smallest absolute Gasteiger partial charge is 0.254 e. The fourth-order valence-corrected chi connectivity index (χ4v) is 2.07. The molecule has 2 N–H and O–H groups in total. The van der Waals surface area contributed by atoms with Crippen LogP contribution in [0.2, 0.25) is 5.15 Å². The van der Waals surface area contributed by atoms with Crippen molar-refractivity contribution in [2.75, 3.05) is 6.61 Å². The molecule has 1 aromatic rings. The number of aliphatic hydroxyl groups excluding tert-OH is 1. The van der Waals surface area contributed by atoms with Crippen molar-refractivity contribution in [3.63, 3.8) is 0 Å². The molecule has 1 saturated carbocycles. The van der Waals surface area contributed by atoms with Gasteiger partial charge in [0, 0.05) is 18.8 Å². The van der Waals surface area contributed by atoms with E-state index in [1.165, 1.54) is 0 Å². The normalized spacial score (nSPS) is 16.6. The molecule has 1 unspecified atom stereocenters. The first-order chi connectivity index (χ1) is 8.22. The molecule has 1 aromatic heterocycles. The summed E-state index contributed by atoms with van der Waals surface area (Å²) in [5.41, 5.74) is 0.387. The Balaban J connectivity index is 2.02. The summed E-state index contributed by atoms with van der Waals surface area (Å²) in [5, 5.41) is 12.1. The van der Waals surface area contributed by atoms with Crippen LogP contribution in [-0.2, 0) is 0 Å². The highest BCUT2D eigenvalue weighted by Crippen LogP contribution is 2.34. The van der Waals surface area contributed by atoms with Crippen LogP contribution in [-0.4, -0.2) is 28.6 Å². The molecule has 0 spiro atoms. The van der Waals surface area contributed by atoms with E-state index in [4.69, 9.17) is 16.7 Å². The number of pyridine rings is 1. The van der Waals surface area contributed by atoms with E-state index >= 15 is 0 Å². The van der Waals surface area contributed by atoms with Gasteiger partial charge in [0.15, 0.2) is 0 Å². The maximum Gasteiger partial charge on any atom is 0.254 e. The maximum atomic E-state index is 12.0. The van der Waals surface area contributed by atoms with Gasteiger partial charge in [-0.3, -0.25) is 4.79 Å². The molecule has 0 aliphatic heterocycles. The van der Waals surface area contributed by atoms with E-state index < -0.39 is 0 Å². The molecule has 92 valence electrons. The summed E-state index contributed by atoms with van der Waals surface area (Å²) < 4.78 is 0. The SMILES string of the molecule is O=C(NC(CCO)C1CC1)c1cccnc1Cl.